The molecule has 224 valence electrons. The molecule has 1 N–H and O–H groups in total. The standard InChI is InChI=1S/C31H48N2O6S/c1-21-9-10-26-30(5,6)11-8-12-31(26,7)25(21)20-40(37,38)24-18-22(17-23(34)19-24)27(35)32-13-15-33(16-14-32)28(36)39-29(2,3)4/h17-19,21,25-26,34H,8-16,20H2,1-7H3. The average Bonchev–Trinajstić information content (AvgIpc) is 2.84. The minimum absolute atomic E-state index is 0.00349. The molecule has 0 bridgehead atoms. The van der Waals surface area contributed by atoms with Crippen molar-refractivity contribution in [1.29, 1.82) is 0 Å². The number of phenolic OH excluding ortho intramolecular Hbond substituents is 1. The molecule has 1 aliphatic heterocycles. The van der Waals surface area contributed by atoms with Crippen LogP contribution < -0.4 is 0 Å². The lowest BCUT2D eigenvalue weighted by Crippen LogP contribution is -2.52. The minimum atomic E-state index is -3.77. The lowest BCUT2D eigenvalue weighted by molar-refractivity contribution is -0.0855. The number of carbonyl (C=O) groups excluding carboxylic acids is 2. The number of phenols is 1. The van der Waals surface area contributed by atoms with Crippen molar-refractivity contribution in [1.82, 2.24) is 9.80 Å². The fourth-order valence-electron chi connectivity index (χ4n) is 7.79. The van der Waals surface area contributed by atoms with Crippen LogP contribution in [0.5, 0.6) is 5.75 Å². The Kier molecular flexibility index (Phi) is 8.31. The second-order valence-corrected chi connectivity index (χ2v) is 16.4. The molecule has 2 aliphatic carbocycles. The van der Waals surface area contributed by atoms with E-state index in [0.717, 1.165) is 25.7 Å². The number of amides is 2. The molecule has 9 heteroatoms. The number of fused-ring (bicyclic) bond motifs is 1. The monoisotopic (exact) mass is 576 g/mol. The number of nitrogens with zero attached hydrogens (tertiary/aromatic N) is 2. The molecule has 3 aliphatic rings. The number of carbonyl (C=O) groups is 2. The van der Waals surface area contributed by atoms with Crippen molar-refractivity contribution in [3.05, 3.63) is 23.8 Å². The largest absolute Gasteiger partial charge is 0.508 e. The number of benzene rings is 1. The van der Waals surface area contributed by atoms with Crippen LogP contribution in [0.15, 0.2) is 23.1 Å². The molecular weight excluding hydrogens is 528 g/mol. The van der Waals surface area contributed by atoms with E-state index in [1.807, 2.05) is 20.8 Å². The average molecular weight is 577 g/mol. The van der Waals surface area contributed by atoms with E-state index in [-0.39, 0.29) is 50.5 Å². The molecule has 2 amide bonds. The first-order valence-electron chi connectivity index (χ1n) is 14.8. The quantitative estimate of drug-likeness (QED) is 0.490. The highest BCUT2D eigenvalue weighted by Gasteiger charge is 2.54. The Morgan fingerprint density at radius 1 is 1.00 bits per heavy atom. The summed E-state index contributed by atoms with van der Waals surface area (Å²) in [6.07, 6.45) is 5.04. The molecule has 0 aromatic heterocycles. The molecule has 1 aromatic rings. The number of hydrogen-bond donors (Lipinski definition) is 1. The van der Waals surface area contributed by atoms with Gasteiger partial charge in [0.15, 0.2) is 9.84 Å². The van der Waals surface area contributed by atoms with Gasteiger partial charge >= 0.3 is 6.09 Å². The third-order valence-electron chi connectivity index (χ3n) is 9.84. The first-order chi connectivity index (χ1) is 18.4. The first kappa shape index (κ1) is 30.7. The fraction of sp³-hybridized carbons (Fsp3) is 0.742. The Bertz CT molecular complexity index is 1230. The Morgan fingerprint density at radius 2 is 1.62 bits per heavy atom. The van der Waals surface area contributed by atoms with Gasteiger partial charge in [-0.3, -0.25) is 4.79 Å². The lowest BCUT2D eigenvalue weighted by Gasteiger charge is -2.59. The van der Waals surface area contributed by atoms with Gasteiger partial charge in [0.1, 0.15) is 11.4 Å². The van der Waals surface area contributed by atoms with E-state index < -0.39 is 21.5 Å². The SMILES string of the molecule is CC1CCC2C(C)(C)CCCC2(C)C1CS(=O)(=O)c1cc(O)cc(C(=O)N2CCN(C(=O)OC(C)(C)C)CC2)c1. The number of aromatic hydroxyl groups is 1. The fourth-order valence-corrected chi connectivity index (χ4v) is 9.77. The molecule has 3 fully saturated rings. The maximum Gasteiger partial charge on any atom is 0.410 e. The van der Waals surface area contributed by atoms with E-state index in [4.69, 9.17) is 4.74 Å². The van der Waals surface area contributed by atoms with E-state index in [2.05, 4.69) is 27.7 Å². The lowest BCUT2D eigenvalue weighted by atomic mass is 9.47. The van der Waals surface area contributed by atoms with Crippen LogP contribution >= 0.6 is 0 Å². The van der Waals surface area contributed by atoms with E-state index in [1.54, 1.807) is 9.80 Å². The van der Waals surface area contributed by atoms with Gasteiger partial charge in [-0.05, 0) is 86.8 Å². The van der Waals surface area contributed by atoms with Crippen LogP contribution in [-0.2, 0) is 14.6 Å². The van der Waals surface area contributed by atoms with Crippen LogP contribution in [0.1, 0.15) is 90.9 Å². The van der Waals surface area contributed by atoms with Crippen LogP contribution in [0.4, 0.5) is 4.79 Å². The predicted molar refractivity (Wildman–Crippen MR) is 155 cm³/mol. The summed E-state index contributed by atoms with van der Waals surface area (Å²) in [5.41, 5.74) is -0.332. The second kappa shape index (κ2) is 10.8. The van der Waals surface area contributed by atoms with Crippen LogP contribution in [0.25, 0.3) is 0 Å². The van der Waals surface area contributed by atoms with Gasteiger partial charge < -0.3 is 19.6 Å². The highest BCUT2D eigenvalue weighted by atomic mass is 32.2. The summed E-state index contributed by atoms with van der Waals surface area (Å²) in [7, 11) is -3.77. The van der Waals surface area contributed by atoms with Crippen LogP contribution in [-0.4, -0.2) is 72.9 Å². The minimum Gasteiger partial charge on any atom is -0.508 e. The zero-order valence-electron chi connectivity index (χ0n) is 25.3. The Balaban J connectivity index is 1.51. The van der Waals surface area contributed by atoms with Crippen molar-refractivity contribution in [2.24, 2.45) is 28.6 Å². The van der Waals surface area contributed by atoms with Gasteiger partial charge in [-0.1, -0.05) is 40.5 Å². The van der Waals surface area contributed by atoms with Gasteiger partial charge in [-0.15, -0.1) is 0 Å². The van der Waals surface area contributed by atoms with E-state index in [9.17, 15) is 23.1 Å². The summed E-state index contributed by atoms with van der Waals surface area (Å²) in [6, 6.07) is 4.01. The highest BCUT2D eigenvalue weighted by Crippen LogP contribution is 2.61. The van der Waals surface area contributed by atoms with Crippen molar-refractivity contribution < 1.29 is 27.9 Å². The first-order valence-corrected chi connectivity index (χ1v) is 16.4. The van der Waals surface area contributed by atoms with Gasteiger partial charge in [0.05, 0.1) is 10.6 Å². The molecule has 1 heterocycles. The van der Waals surface area contributed by atoms with Crippen molar-refractivity contribution in [3.63, 3.8) is 0 Å². The molecule has 0 radical (unpaired) electrons. The van der Waals surface area contributed by atoms with E-state index in [0.29, 0.717) is 32.1 Å². The normalized spacial score (nSPS) is 29.0. The number of piperazine rings is 1. The zero-order chi connectivity index (χ0) is 29.7. The van der Waals surface area contributed by atoms with Gasteiger partial charge in [-0.2, -0.15) is 0 Å². The molecule has 1 saturated heterocycles. The summed E-state index contributed by atoms with van der Waals surface area (Å²) < 4.78 is 33.2. The molecule has 2 saturated carbocycles. The van der Waals surface area contributed by atoms with Crippen molar-refractivity contribution in [2.75, 3.05) is 31.9 Å². The second-order valence-electron chi connectivity index (χ2n) is 14.3. The molecule has 4 atom stereocenters. The maximum absolute atomic E-state index is 13.9. The van der Waals surface area contributed by atoms with Crippen LogP contribution in [0.3, 0.4) is 0 Å². The van der Waals surface area contributed by atoms with Crippen LogP contribution in [0, 0.1) is 28.6 Å². The maximum atomic E-state index is 13.9. The summed E-state index contributed by atoms with van der Waals surface area (Å²) in [5, 5.41) is 10.5. The Hall–Kier alpha value is -2.29. The summed E-state index contributed by atoms with van der Waals surface area (Å²) in [4.78, 5) is 28.9. The Labute approximate surface area is 240 Å². The third kappa shape index (κ3) is 6.29. The zero-order valence-corrected chi connectivity index (χ0v) is 26.1. The van der Waals surface area contributed by atoms with Gasteiger partial charge in [0, 0.05) is 31.7 Å². The van der Waals surface area contributed by atoms with Crippen molar-refractivity contribution >= 4 is 21.8 Å². The van der Waals surface area contributed by atoms with Crippen molar-refractivity contribution in [3.8, 4) is 5.75 Å². The molecule has 40 heavy (non-hydrogen) atoms. The van der Waals surface area contributed by atoms with Gasteiger partial charge in [0.2, 0.25) is 0 Å². The molecular formula is C31H48N2O6S. The highest BCUT2D eigenvalue weighted by molar-refractivity contribution is 7.91. The Morgan fingerprint density at radius 3 is 2.25 bits per heavy atom. The van der Waals surface area contributed by atoms with Crippen molar-refractivity contribution in [2.45, 2.75) is 91.1 Å². The summed E-state index contributed by atoms with van der Waals surface area (Å²) in [6.45, 7) is 15.8. The number of rotatable bonds is 4. The topological polar surface area (TPSA) is 104 Å². The molecule has 4 unspecified atom stereocenters. The number of ether oxygens (including phenoxy) is 1. The van der Waals surface area contributed by atoms with E-state index >= 15 is 0 Å². The molecule has 4 rings (SSSR count). The summed E-state index contributed by atoms with van der Waals surface area (Å²) in [5.74, 6) is 0.191. The third-order valence-corrected chi connectivity index (χ3v) is 11.6. The molecule has 8 nitrogen and oxygen atoms in total. The number of sulfone groups is 1. The number of hydrogen-bond acceptors (Lipinski definition) is 6. The van der Waals surface area contributed by atoms with Gasteiger partial charge in [-0.25, -0.2) is 13.2 Å². The smallest absolute Gasteiger partial charge is 0.410 e. The summed E-state index contributed by atoms with van der Waals surface area (Å²) >= 11 is 0. The predicted octanol–water partition coefficient (Wildman–Crippen LogP) is 5.74. The molecule has 1 aromatic carbocycles. The van der Waals surface area contributed by atoms with Crippen LogP contribution in [0.2, 0.25) is 0 Å². The van der Waals surface area contributed by atoms with Gasteiger partial charge in [0.25, 0.3) is 5.91 Å². The molecule has 0 spiro atoms. The van der Waals surface area contributed by atoms with E-state index in [1.165, 1.54) is 24.6 Å².